The third-order valence-electron chi connectivity index (χ3n) is 5.09. The Kier molecular flexibility index (Phi) is 5.57. The first kappa shape index (κ1) is 20.2. The molecule has 0 atom stereocenters. The van der Waals surface area contributed by atoms with Gasteiger partial charge in [0.2, 0.25) is 0 Å². The van der Waals surface area contributed by atoms with Crippen molar-refractivity contribution in [2.45, 2.75) is 25.8 Å². The Hall–Kier alpha value is -2.06. The summed E-state index contributed by atoms with van der Waals surface area (Å²) in [4.78, 5) is 24.6. The Morgan fingerprint density at radius 1 is 1.14 bits per heavy atom. The Bertz CT molecular complexity index is 1100. The molecule has 4 rings (SSSR count). The van der Waals surface area contributed by atoms with Crippen molar-refractivity contribution < 1.29 is 4.79 Å². The number of allylic oxidation sites excluding steroid dienone is 2. The van der Waals surface area contributed by atoms with Crippen LogP contribution in [0, 0.1) is 0 Å². The summed E-state index contributed by atoms with van der Waals surface area (Å²) in [5, 5.41) is 0. The minimum absolute atomic E-state index is 0.215. The zero-order chi connectivity index (χ0) is 20.6. The van der Waals surface area contributed by atoms with Crippen molar-refractivity contribution in [2.75, 3.05) is 0 Å². The van der Waals surface area contributed by atoms with Crippen LogP contribution in [0.1, 0.15) is 30.5 Å². The second-order valence-electron chi connectivity index (χ2n) is 7.47. The van der Waals surface area contributed by atoms with Crippen LogP contribution in [-0.2, 0) is 16.8 Å². The number of rotatable bonds is 2. The SMILES string of the molecule is CC(C)(C(=O)N=C1N=C2C=CC(I)=CN2Cc2ccccc21)c1ccc(Br)cc1. The fraction of sp³-hybridized carbons (Fsp3) is 0.174. The summed E-state index contributed by atoms with van der Waals surface area (Å²) in [5.41, 5.74) is 2.15. The Labute approximate surface area is 192 Å². The Balaban J connectivity index is 1.78. The van der Waals surface area contributed by atoms with Crippen LogP contribution in [0.15, 0.2) is 84.9 Å². The fourth-order valence-corrected chi connectivity index (χ4v) is 4.06. The highest BCUT2D eigenvalue weighted by molar-refractivity contribution is 14.1. The predicted octanol–water partition coefficient (Wildman–Crippen LogP) is 5.76. The minimum atomic E-state index is -0.757. The zero-order valence-corrected chi connectivity index (χ0v) is 19.8. The quantitative estimate of drug-likeness (QED) is 0.439. The van der Waals surface area contributed by atoms with Gasteiger partial charge in [-0.1, -0.05) is 52.3 Å². The van der Waals surface area contributed by atoms with Gasteiger partial charge in [0.05, 0.1) is 5.41 Å². The summed E-state index contributed by atoms with van der Waals surface area (Å²) >= 11 is 5.74. The number of hydrogen-bond donors (Lipinski definition) is 0. The smallest absolute Gasteiger partial charge is 0.257 e. The van der Waals surface area contributed by atoms with Crippen LogP contribution in [0.5, 0.6) is 0 Å². The third kappa shape index (κ3) is 4.14. The van der Waals surface area contributed by atoms with Gasteiger partial charge in [0.25, 0.3) is 5.91 Å². The van der Waals surface area contributed by atoms with E-state index in [1.165, 1.54) is 0 Å². The molecule has 2 aliphatic rings. The molecule has 0 aromatic heterocycles. The lowest BCUT2D eigenvalue weighted by Crippen LogP contribution is -2.28. The number of amidine groups is 2. The molecule has 0 spiro atoms. The average Bonchev–Trinajstić information content (AvgIpc) is 2.84. The molecule has 0 aliphatic carbocycles. The van der Waals surface area contributed by atoms with Crippen molar-refractivity contribution in [3.05, 3.63) is 91.6 Å². The molecule has 0 saturated carbocycles. The lowest BCUT2D eigenvalue weighted by atomic mass is 9.84. The zero-order valence-electron chi connectivity index (χ0n) is 16.1. The number of hydrogen-bond acceptors (Lipinski definition) is 2. The summed E-state index contributed by atoms with van der Waals surface area (Å²) in [7, 11) is 0. The third-order valence-corrected chi connectivity index (χ3v) is 6.26. The number of halogens is 2. The molecule has 146 valence electrons. The standard InChI is InChI=1S/C23H19BrIN3O/c1-23(2,16-7-9-17(24)10-8-16)22(29)27-21-19-6-4-3-5-15(19)13-28-14-18(25)11-12-20(28)26-21/h3-12,14H,13H2,1-2H3. The first-order valence-electron chi connectivity index (χ1n) is 9.23. The molecule has 0 N–H and O–H groups in total. The van der Waals surface area contributed by atoms with Gasteiger partial charge >= 0.3 is 0 Å². The van der Waals surface area contributed by atoms with Crippen LogP contribution >= 0.6 is 38.5 Å². The van der Waals surface area contributed by atoms with Gasteiger partial charge in [0, 0.05) is 26.4 Å². The maximum atomic E-state index is 13.2. The number of nitrogens with zero attached hydrogens (tertiary/aromatic N) is 3. The topological polar surface area (TPSA) is 45.0 Å². The van der Waals surface area contributed by atoms with Crippen LogP contribution in [0.3, 0.4) is 0 Å². The van der Waals surface area contributed by atoms with E-state index < -0.39 is 5.41 Å². The number of benzene rings is 2. The van der Waals surface area contributed by atoms with E-state index in [0.29, 0.717) is 12.4 Å². The summed E-state index contributed by atoms with van der Waals surface area (Å²) in [6.07, 6.45) is 6.04. The molecule has 4 nitrogen and oxygen atoms in total. The molecule has 2 aromatic rings. The highest BCUT2D eigenvalue weighted by Crippen LogP contribution is 2.28. The largest absolute Gasteiger partial charge is 0.327 e. The van der Waals surface area contributed by atoms with Crippen LogP contribution in [0.4, 0.5) is 0 Å². The lowest BCUT2D eigenvalue weighted by Gasteiger charge is -2.22. The second kappa shape index (κ2) is 7.99. The van der Waals surface area contributed by atoms with E-state index in [4.69, 9.17) is 4.99 Å². The molecule has 2 heterocycles. The number of carbonyl (C=O) groups is 1. The van der Waals surface area contributed by atoms with Crippen LogP contribution in [-0.4, -0.2) is 22.5 Å². The van der Waals surface area contributed by atoms with Gasteiger partial charge in [-0.25, -0.2) is 4.99 Å². The first-order chi connectivity index (χ1) is 13.8. The molecular formula is C23H19BrIN3O. The van der Waals surface area contributed by atoms with Crippen molar-refractivity contribution in [1.82, 2.24) is 4.90 Å². The van der Waals surface area contributed by atoms with Gasteiger partial charge in [-0.2, -0.15) is 4.99 Å². The summed E-state index contributed by atoms with van der Waals surface area (Å²) in [6, 6.07) is 15.8. The number of carbonyl (C=O) groups excluding carboxylic acids is 1. The van der Waals surface area contributed by atoms with Crippen molar-refractivity contribution in [3.63, 3.8) is 0 Å². The van der Waals surface area contributed by atoms with Crippen LogP contribution in [0.2, 0.25) is 0 Å². The lowest BCUT2D eigenvalue weighted by molar-refractivity contribution is -0.122. The molecule has 0 saturated heterocycles. The highest BCUT2D eigenvalue weighted by atomic mass is 127. The molecule has 2 aliphatic heterocycles. The highest BCUT2D eigenvalue weighted by Gasteiger charge is 2.31. The number of amides is 1. The monoisotopic (exact) mass is 559 g/mol. The molecule has 1 amide bonds. The van der Waals surface area contributed by atoms with Gasteiger partial charge in [-0.3, -0.25) is 4.79 Å². The summed E-state index contributed by atoms with van der Waals surface area (Å²) < 4.78 is 2.11. The van der Waals surface area contributed by atoms with Crippen molar-refractivity contribution in [2.24, 2.45) is 9.98 Å². The predicted molar refractivity (Wildman–Crippen MR) is 129 cm³/mol. The Morgan fingerprint density at radius 3 is 2.62 bits per heavy atom. The molecule has 29 heavy (non-hydrogen) atoms. The van der Waals surface area contributed by atoms with Gasteiger partial charge in [-0.05, 0) is 71.9 Å². The maximum absolute atomic E-state index is 13.2. The van der Waals surface area contributed by atoms with Crippen LogP contribution < -0.4 is 0 Å². The first-order valence-corrected chi connectivity index (χ1v) is 11.1. The van der Waals surface area contributed by atoms with Gasteiger partial charge in [0.15, 0.2) is 5.84 Å². The summed E-state index contributed by atoms with van der Waals surface area (Å²) in [5.74, 6) is 1.03. The van der Waals surface area contributed by atoms with Gasteiger partial charge in [-0.15, -0.1) is 0 Å². The van der Waals surface area contributed by atoms with E-state index in [1.807, 2.05) is 68.5 Å². The molecule has 2 aromatic carbocycles. The minimum Gasteiger partial charge on any atom is -0.327 e. The van der Waals surface area contributed by atoms with Gasteiger partial charge < -0.3 is 4.90 Å². The van der Waals surface area contributed by atoms with Gasteiger partial charge in [0.1, 0.15) is 5.84 Å². The molecule has 0 fully saturated rings. The normalized spacial score (nSPS) is 17.2. The van der Waals surface area contributed by atoms with E-state index in [2.05, 4.69) is 60.7 Å². The van der Waals surface area contributed by atoms with E-state index in [0.717, 1.165) is 30.6 Å². The molecule has 0 radical (unpaired) electrons. The van der Waals surface area contributed by atoms with E-state index >= 15 is 0 Å². The maximum Gasteiger partial charge on any atom is 0.257 e. The van der Waals surface area contributed by atoms with E-state index in [1.54, 1.807) is 0 Å². The Morgan fingerprint density at radius 2 is 1.86 bits per heavy atom. The number of aliphatic imine (C=N–C) groups is 2. The molecule has 0 unspecified atom stereocenters. The van der Waals surface area contributed by atoms with Crippen molar-refractivity contribution in [1.29, 1.82) is 0 Å². The summed E-state index contributed by atoms with van der Waals surface area (Å²) in [6.45, 7) is 4.49. The van der Waals surface area contributed by atoms with Crippen LogP contribution in [0.25, 0.3) is 0 Å². The fourth-order valence-electron chi connectivity index (χ4n) is 3.28. The molecular weight excluding hydrogens is 541 g/mol. The van der Waals surface area contributed by atoms with E-state index in [9.17, 15) is 4.79 Å². The van der Waals surface area contributed by atoms with Crippen molar-refractivity contribution in [3.8, 4) is 0 Å². The van der Waals surface area contributed by atoms with Crippen molar-refractivity contribution >= 4 is 56.1 Å². The molecule has 0 bridgehead atoms. The average molecular weight is 560 g/mol. The second-order valence-corrected chi connectivity index (χ2v) is 9.64. The van der Waals surface area contributed by atoms with E-state index in [-0.39, 0.29) is 5.91 Å². The molecule has 6 heteroatoms. The number of fused-ring (bicyclic) bond motifs is 2.